The first-order valence-corrected chi connectivity index (χ1v) is 7.02. The van der Waals surface area contributed by atoms with Gasteiger partial charge in [-0.1, -0.05) is 19.1 Å². The molecule has 16 heavy (non-hydrogen) atoms. The van der Waals surface area contributed by atoms with Gasteiger partial charge in [0, 0.05) is 0 Å². The summed E-state index contributed by atoms with van der Waals surface area (Å²) in [5.41, 5.74) is 6.77. The summed E-state index contributed by atoms with van der Waals surface area (Å²) in [6, 6.07) is 8.21. The van der Waals surface area contributed by atoms with Crippen LogP contribution < -0.4 is 10.5 Å². The van der Waals surface area contributed by atoms with E-state index in [9.17, 15) is 0 Å². The van der Waals surface area contributed by atoms with Gasteiger partial charge in [-0.05, 0) is 48.6 Å². The Hall–Kier alpha value is -0.670. The van der Waals surface area contributed by atoms with Gasteiger partial charge < -0.3 is 10.5 Å². The van der Waals surface area contributed by atoms with E-state index in [1.54, 1.807) is 0 Å². The first kappa shape index (κ1) is 13.4. The molecule has 0 radical (unpaired) electrons. The molecular formula is C13H21NOS. The predicted octanol–water partition coefficient (Wildman–Crippen LogP) is 2.71. The van der Waals surface area contributed by atoms with Crippen molar-refractivity contribution in [2.24, 2.45) is 5.73 Å². The summed E-state index contributed by atoms with van der Waals surface area (Å²) in [6.45, 7) is 3.68. The Morgan fingerprint density at radius 2 is 2.25 bits per heavy atom. The van der Waals surface area contributed by atoms with Crippen LogP contribution in [0.15, 0.2) is 24.3 Å². The van der Waals surface area contributed by atoms with E-state index in [-0.39, 0.29) is 0 Å². The lowest BCUT2D eigenvalue weighted by Gasteiger charge is -2.07. The van der Waals surface area contributed by atoms with Crippen molar-refractivity contribution in [1.82, 2.24) is 0 Å². The highest BCUT2D eigenvalue weighted by Gasteiger charge is 1.96. The maximum atomic E-state index is 5.69. The lowest BCUT2D eigenvalue weighted by Crippen LogP contribution is -2.03. The zero-order valence-electron chi connectivity index (χ0n) is 9.95. The summed E-state index contributed by atoms with van der Waals surface area (Å²) in [6.07, 6.45) is 2.03. The minimum Gasteiger partial charge on any atom is -0.494 e. The zero-order valence-corrected chi connectivity index (χ0v) is 10.8. The predicted molar refractivity (Wildman–Crippen MR) is 72.3 cm³/mol. The number of rotatable bonds is 8. The number of thioether (sulfide) groups is 1. The summed E-state index contributed by atoms with van der Waals surface area (Å²) in [5, 5.41) is 0. The summed E-state index contributed by atoms with van der Waals surface area (Å²) >= 11 is 1.96. The summed E-state index contributed by atoms with van der Waals surface area (Å²) in [7, 11) is 0. The highest BCUT2D eigenvalue weighted by molar-refractivity contribution is 7.99. The molecule has 0 spiro atoms. The third-order valence-corrected chi connectivity index (χ3v) is 3.22. The van der Waals surface area contributed by atoms with Gasteiger partial charge in [0.1, 0.15) is 5.75 Å². The van der Waals surface area contributed by atoms with E-state index < -0.39 is 0 Å². The fourth-order valence-electron chi connectivity index (χ4n) is 1.45. The van der Waals surface area contributed by atoms with Crippen LogP contribution in [-0.4, -0.2) is 24.7 Å². The molecule has 2 N–H and O–H groups in total. The SMILES string of the molecule is CCSCCCOc1cccc(CCN)c1. The van der Waals surface area contributed by atoms with Crippen molar-refractivity contribution in [2.45, 2.75) is 19.8 Å². The molecular weight excluding hydrogens is 218 g/mol. The molecule has 0 fully saturated rings. The van der Waals surface area contributed by atoms with Gasteiger partial charge in [0.25, 0.3) is 0 Å². The topological polar surface area (TPSA) is 35.2 Å². The van der Waals surface area contributed by atoms with Gasteiger partial charge in [-0.15, -0.1) is 0 Å². The summed E-state index contributed by atoms with van der Waals surface area (Å²) in [5.74, 6) is 3.33. The van der Waals surface area contributed by atoms with Crippen molar-refractivity contribution in [2.75, 3.05) is 24.7 Å². The van der Waals surface area contributed by atoms with E-state index in [1.807, 2.05) is 23.9 Å². The highest BCUT2D eigenvalue weighted by atomic mass is 32.2. The fourth-order valence-corrected chi connectivity index (χ4v) is 2.06. The van der Waals surface area contributed by atoms with Gasteiger partial charge >= 0.3 is 0 Å². The van der Waals surface area contributed by atoms with Crippen LogP contribution in [0.25, 0.3) is 0 Å². The summed E-state index contributed by atoms with van der Waals surface area (Å²) in [4.78, 5) is 0. The first-order valence-electron chi connectivity index (χ1n) is 5.86. The van der Waals surface area contributed by atoms with Crippen molar-refractivity contribution >= 4 is 11.8 Å². The maximum absolute atomic E-state index is 5.69. The van der Waals surface area contributed by atoms with Crippen LogP contribution in [0, 0.1) is 0 Å². The monoisotopic (exact) mass is 239 g/mol. The van der Waals surface area contributed by atoms with Crippen molar-refractivity contribution in [3.05, 3.63) is 29.8 Å². The molecule has 0 aliphatic carbocycles. The molecule has 0 unspecified atom stereocenters. The van der Waals surface area contributed by atoms with Crippen LogP contribution in [-0.2, 0) is 6.42 Å². The Bertz CT molecular complexity index is 291. The number of benzene rings is 1. The molecule has 1 aromatic carbocycles. The number of nitrogens with two attached hydrogens (primary N) is 1. The smallest absolute Gasteiger partial charge is 0.119 e. The lowest BCUT2D eigenvalue weighted by atomic mass is 10.1. The van der Waals surface area contributed by atoms with Gasteiger partial charge in [0.2, 0.25) is 0 Å². The van der Waals surface area contributed by atoms with Crippen LogP contribution in [0.1, 0.15) is 18.9 Å². The minimum absolute atomic E-state index is 0.691. The Morgan fingerprint density at radius 3 is 3.00 bits per heavy atom. The normalized spacial score (nSPS) is 10.4. The second kappa shape index (κ2) is 8.48. The van der Waals surface area contributed by atoms with Crippen LogP contribution in [0.4, 0.5) is 0 Å². The minimum atomic E-state index is 0.691. The quantitative estimate of drug-likeness (QED) is 0.708. The molecule has 1 aromatic rings. The molecule has 0 aliphatic heterocycles. The van der Waals surface area contributed by atoms with Gasteiger partial charge in [-0.3, -0.25) is 0 Å². The molecule has 1 rings (SSSR count). The van der Waals surface area contributed by atoms with Gasteiger partial charge in [-0.2, -0.15) is 11.8 Å². The molecule has 0 heterocycles. The third kappa shape index (κ3) is 5.42. The Morgan fingerprint density at radius 1 is 1.38 bits per heavy atom. The van der Waals surface area contributed by atoms with Gasteiger partial charge in [0.05, 0.1) is 6.61 Å². The van der Waals surface area contributed by atoms with E-state index in [4.69, 9.17) is 10.5 Å². The standard InChI is InChI=1S/C13H21NOS/c1-2-16-10-4-9-15-13-6-3-5-12(11-13)7-8-14/h3,5-6,11H,2,4,7-10,14H2,1H3. The Labute approximate surface area is 103 Å². The van der Waals surface area contributed by atoms with Crippen molar-refractivity contribution < 1.29 is 4.74 Å². The zero-order chi connectivity index (χ0) is 11.6. The molecule has 0 saturated carbocycles. The fraction of sp³-hybridized carbons (Fsp3) is 0.538. The first-order chi connectivity index (χ1) is 7.86. The maximum Gasteiger partial charge on any atom is 0.119 e. The van der Waals surface area contributed by atoms with Crippen molar-refractivity contribution in [3.63, 3.8) is 0 Å². The van der Waals surface area contributed by atoms with E-state index in [2.05, 4.69) is 19.1 Å². The summed E-state index contributed by atoms with van der Waals surface area (Å²) < 4.78 is 5.69. The van der Waals surface area contributed by atoms with Crippen LogP contribution in [0.5, 0.6) is 5.75 Å². The molecule has 0 aliphatic rings. The van der Waals surface area contributed by atoms with Gasteiger partial charge in [0.15, 0.2) is 0 Å². The molecule has 0 bridgehead atoms. The highest BCUT2D eigenvalue weighted by Crippen LogP contribution is 2.14. The average Bonchev–Trinajstić information content (AvgIpc) is 2.30. The second-order valence-electron chi connectivity index (χ2n) is 3.59. The van der Waals surface area contributed by atoms with E-state index >= 15 is 0 Å². The number of hydrogen-bond acceptors (Lipinski definition) is 3. The van der Waals surface area contributed by atoms with Crippen LogP contribution in [0.3, 0.4) is 0 Å². The molecule has 2 nitrogen and oxygen atoms in total. The number of hydrogen-bond donors (Lipinski definition) is 1. The van der Waals surface area contributed by atoms with E-state index in [0.717, 1.165) is 25.2 Å². The second-order valence-corrected chi connectivity index (χ2v) is 4.98. The molecule has 0 amide bonds. The van der Waals surface area contributed by atoms with E-state index in [1.165, 1.54) is 17.1 Å². The van der Waals surface area contributed by atoms with Crippen LogP contribution in [0.2, 0.25) is 0 Å². The Kier molecular flexibility index (Phi) is 7.10. The number of ether oxygens (including phenoxy) is 1. The molecule has 0 aromatic heterocycles. The van der Waals surface area contributed by atoms with E-state index in [0.29, 0.717) is 6.54 Å². The third-order valence-electron chi connectivity index (χ3n) is 2.24. The Balaban J connectivity index is 2.27. The molecule has 90 valence electrons. The molecule has 3 heteroatoms. The average molecular weight is 239 g/mol. The van der Waals surface area contributed by atoms with Crippen molar-refractivity contribution in [1.29, 1.82) is 0 Å². The van der Waals surface area contributed by atoms with Crippen LogP contribution >= 0.6 is 11.8 Å². The molecule has 0 atom stereocenters. The molecule has 0 saturated heterocycles. The van der Waals surface area contributed by atoms with Crippen molar-refractivity contribution in [3.8, 4) is 5.75 Å². The van der Waals surface area contributed by atoms with Gasteiger partial charge in [-0.25, -0.2) is 0 Å². The lowest BCUT2D eigenvalue weighted by molar-refractivity contribution is 0.318. The largest absolute Gasteiger partial charge is 0.494 e.